The zero-order valence-corrected chi connectivity index (χ0v) is 13.2. The van der Waals surface area contributed by atoms with Crippen molar-refractivity contribution in [1.82, 2.24) is 10.3 Å². The largest absolute Gasteiger partial charge is 0.467 e. The molecule has 1 unspecified atom stereocenters. The number of nitrogens with zero attached hydrogens (tertiary/aromatic N) is 1. The molecule has 0 aliphatic heterocycles. The van der Waals surface area contributed by atoms with Crippen molar-refractivity contribution in [2.75, 3.05) is 0 Å². The van der Waals surface area contributed by atoms with Gasteiger partial charge in [0.25, 0.3) is 0 Å². The summed E-state index contributed by atoms with van der Waals surface area (Å²) in [6.07, 6.45) is 1.69. The summed E-state index contributed by atoms with van der Waals surface area (Å²) in [6, 6.07) is 7.84. The number of hydrogen-bond donors (Lipinski definition) is 1. The highest BCUT2D eigenvalue weighted by Gasteiger charge is 2.19. The van der Waals surface area contributed by atoms with Gasteiger partial charge in [-0.2, -0.15) is 0 Å². The van der Waals surface area contributed by atoms with Gasteiger partial charge in [0, 0.05) is 16.3 Å². The van der Waals surface area contributed by atoms with Crippen molar-refractivity contribution in [2.24, 2.45) is 0 Å². The van der Waals surface area contributed by atoms with Gasteiger partial charge >= 0.3 is 0 Å². The number of hydrogen-bond acceptors (Lipinski definition) is 5. The normalized spacial score (nSPS) is 12.7. The van der Waals surface area contributed by atoms with Crippen LogP contribution in [-0.4, -0.2) is 4.98 Å². The van der Waals surface area contributed by atoms with Gasteiger partial charge in [-0.25, -0.2) is 4.98 Å². The molecule has 0 bridgehead atoms. The Morgan fingerprint density at radius 2 is 2.30 bits per heavy atom. The minimum atomic E-state index is 0.0176. The Kier molecular flexibility index (Phi) is 4.21. The van der Waals surface area contributed by atoms with Gasteiger partial charge in [0.15, 0.2) is 0 Å². The highest BCUT2D eigenvalue weighted by molar-refractivity contribution is 7.16. The van der Waals surface area contributed by atoms with Crippen LogP contribution in [0.1, 0.15) is 27.3 Å². The van der Waals surface area contributed by atoms with Gasteiger partial charge in [-0.15, -0.1) is 22.7 Å². The number of aromatic nitrogens is 1. The van der Waals surface area contributed by atoms with Crippen LogP contribution in [0.3, 0.4) is 0 Å². The molecule has 0 radical (unpaired) electrons. The fraction of sp³-hybridized carbons (Fsp3) is 0.214. The lowest BCUT2D eigenvalue weighted by molar-refractivity contribution is 0.449. The summed E-state index contributed by atoms with van der Waals surface area (Å²) < 4.78 is 6.33. The van der Waals surface area contributed by atoms with E-state index in [9.17, 15) is 0 Å². The Labute approximate surface area is 130 Å². The molecule has 0 aliphatic carbocycles. The Hall–Kier alpha value is -1.14. The zero-order valence-electron chi connectivity index (χ0n) is 10.8. The van der Waals surface area contributed by atoms with Crippen LogP contribution in [0, 0.1) is 6.92 Å². The molecule has 0 amide bonds. The maximum atomic E-state index is 6.04. The van der Waals surface area contributed by atoms with Crippen molar-refractivity contribution >= 4 is 34.3 Å². The third-order valence-corrected chi connectivity index (χ3v) is 5.25. The summed E-state index contributed by atoms with van der Waals surface area (Å²) in [7, 11) is 0. The van der Waals surface area contributed by atoms with E-state index in [1.807, 2.05) is 36.7 Å². The Morgan fingerprint density at radius 1 is 1.40 bits per heavy atom. The van der Waals surface area contributed by atoms with Crippen LogP contribution in [0.5, 0.6) is 0 Å². The Morgan fingerprint density at radius 3 is 2.90 bits per heavy atom. The number of thiophene rings is 1. The van der Waals surface area contributed by atoms with Crippen LogP contribution < -0.4 is 5.32 Å². The molecule has 3 rings (SSSR count). The number of rotatable bonds is 5. The molecule has 0 saturated heterocycles. The van der Waals surface area contributed by atoms with Gasteiger partial charge in [-0.05, 0) is 31.2 Å². The monoisotopic (exact) mass is 324 g/mol. The van der Waals surface area contributed by atoms with E-state index < -0.39 is 0 Å². The first kappa shape index (κ1) is 13.8. The third-order valence-electron chi connectivity index (χ3n) is 3.02. The summed E-state index contributed by atoms with van der Waals surface area (Å²) in [5.41, 5.74) is 2.95. The second-order valence-corrected chi connectivity index (χ2v) is 7.02. The number of aryl methyl sites for hydroxylation is 1. The lowest BCUT2D eigenvalue weighted by atomic mass is 10.2. The highest BCUT2D eigenvalue weighted by Crippen LogP contribution is 2.31. The molecule has 0 fully saturated rings. The number of nitrogens with one attached hydrogen (secondary N) is 1. The van der Waals surface area contributed by atoms with Gasteiger partial charge in [-0.1, -0.05) is 11.6 Å². The average molecular weight is 325 g/mol. The molecule has 3 nitrogen and oxygen atoms in total. The van der Waals surface area contributed by atoms with Crippen molar-refractivity contribution in [1.29, 1.82) is 0 Å². The average Bonchev–Trinajstić information content (AvgIpc) is 3.14. The summed E-state index contributed by atoms with van der Waals surface area (Å²) in [6.45, 7) is 2.79. The molecular formula is C14H13ClN2OS2. The molecule has 0 aliphatic rings. The van der Waals surface area contributed by atoms with Crippen molar-refractivity contribution in [2.45, 2.75) is 19.5 Å². The van der Waals surface area contributed by atoms with Gasteiger partial charge in [0.1, 0.15) is 11.8 Å². The summed E-state index contributed by atoms with van der Waals surface area (Å²) >= 11 is 9.27. The fourth-order valence-corrected chi connectivity index (χ4v) is 3.84. The summed E-state index contributed by atoms with van der Waals surface area (Å²) in [5.74, 6) is 0.894. The van der Waals surface area contributed by atoms with Crippen LogP contribution in [0.4, 0.5) is 0 Å². The fourth-order valence-electron chi connectivity index (χ4n) is 1.97. The van der Waals surface area contributed by atoms with E-state index in [0.29, 0.717) is 0 Å². The first-order chi connectivity index (χ1) is 9.74. The topological polar surface area (TPSA) is 38.1 Å². The van der Waals surface area contributed by atoms with Crippen LogP contribution >= 0.6 is 34.3 Å². The SMILES string of the molecule is Cc1ncsc1CNC(c1ccco1)c1ccc(Cl)s1. The van der Waals surface area contributed by atoms with Crippen LogP contribution in [0.25, 0.3) is 0 Å². The molecular weight excluding hydrogens is 312 g/mol. The predicted octanol–water partition coefficient (Wildman–Crippen LogP) is 4.64. The maximum Gasteiger partial charge on any atom is 0.126 e. The number of thiazole rings is 1. The standard InChI is InChI=1S/C14H13ClN2OS2/c1-9-12(19-8-17-9)7-16-14(10-3-2-6-18-10)11-4-5-13(15)20-11/h2-6,8,14,16H,7H2,1H3. The van der Waals surface area contributed by atoms with Gasteiger partial charge in [-0.3, -0.25) is 5.32 Å². The number of halogens is 1. The summed E-state index contributed by atoms with van der Waals surface area (Å²) in [5, 5.41) is 3.52. The molecule has 6 heteroatoms. The minimum absolute atomic E-state index is 0.0176. The van der Waals surface area contributed by atoms with E-state index in [2.05, 4.69) is 10.3 Å². The summed E-state index contributed by atoms with van der Waals surface area (Å²) in [4.78, 5) is 6.66. The minimum Gasteiger partial charge on any atom is -0.467 e. The van der Waals surface area contributed by atoms with Crippen molar-refractivity contribution < 1.29 is 4.42 Å². The second kappa shape index (κ2) is 6.10. The zero-order chi connectivity index (χ0) is 13.9. The molecule has 1 N–H and O–H groups in total. The van der Waals surface area contributed by atoms with Crippen molar-refractivity contribution in [3.05, 3.63) is 61.6 Å². The lowest BCUT2D eigenvalue weighted by Crippen LogP contribution is -2.20. The third kappa shape index (κ3) is 2.96. The molecule has 0 aromatic carbocycles. The highest BCUT2D eigenvalue weighted by atomic mass is 35.5. The first-order valence-corrected chi connectivity index (χ1v) is 8.22. The van der Waals surface area contributed by atoms with Crippen molar-refractivity contribution in [3.63, 3.8) is 0 Å². The van der Waals surface area contributed by atoms with E-state index >= 15 is 0 Å². The smallest absolute Gasteiger partial charge is 0.126 e. The van der Waals surface area contributed by atoms with Gasteiger partial charge in [0.2, 0.25) is 0 Å². The molecule has 3 heterocycles. The van der Waals surface area contributed by atoms with Gasteiger partial charge in [0.05, 0.1) is 21.8 Å². The van der Waals surface area contributed by atoms with E-state index in [1.165, 1.54) is 4.88 Å². The second-order valence-electron chi connectivity index (χ2n) is 4.33. The Balaban J connectivity index is 1.81. The van der Waals surface area contributed by atoms with Crippen molar-refractivity contribution in [3.8, 4) is 0 Å². The first-order valence-electron chi connectivity index (χ1n) is 6.15. The predicted molar refractivity (Wildman–Crippen MR) is 83.6 cm³/mol. The van der Waals surface area contributed by atoms with Crippen LogP contribution in [0.15, 0.2) is 40.5 Å². The number of furan rings is 1. The molecule has 3 aromatic heterocycles. The van der Waals surface area contributed by atoms with E-state index in [-0.39, 0.29) is 6.04 Å². The molecule has 104 valence electrons. The molecule has 3 aromatic rings. The van der Waals surface area contributed by atoms with E-state index in [0.717, 1.165) is 27.2 Å². The molecule has 0 spiro atoms. The van der Waals surface area contributed by atoms with Crippen LogP contribution in [0.2, 0.25) is 4.34 Å². The van der Waals surface area contributed by atoms with Gasteiger partial charge < -0.3 is 4.42 Å². The van der Waals surface area contributed by atoms with Crippen LogP contribution in [-0.2, 0) is 6.54 Å². The Bertz CT molecular complexity index is 675. The van der Waals surface area contributed by atoms with E-state index in [4.69, 9.17) is 16.0 Å². The molecule has 0 saturated carbocycles. The quantitative estimate of drug-likeness (QED) is 0.743. The maximum absolute atomic E-state index is 6.04. The van der Waals surface area contributed by atoms with E-state index in [1.54, 1.807) is 28.9 Å². The molecule has 1 atom stereocenters. The lowest BCUT2D eigenvalue weighted by Gasteiger charge is -2.14. The molecule has 20 heavy (non-hydrogen) atoms.